The predicted octanol–water partition coefficient (Wildman–Crippen LogP) is 3.60. The third-order valence-corrected chi connectivity index (χ3v) is 3.13. The molecule has 2 nitrogen and oxygen atoms in total. The normalized spacial score (nSPS) is 12.7. The highest BCUT2D eigenvalue weighted by atomic mass is 16.3. The number of pyridine rings is 1. The number of aliphatic hydroxyl groups is 1. The maximum atomic E-state index is 10.3. The van der Waals surface area contributed by atoms with E-state index in [1.54, 1.807) is 12.4 Å². The number of aliphatic hydroxyl groups excluding tert-OH is 1. The number of benzene rings is 1. The lowest BCUT2D eigenvalue weighted by Gasteiger charge is -2.13. The van der Waals surface area contributed by atoms with Crippen molar-refractivity contribution in [1.29, 1.82) is 0 Å². The van der Waals surface area contributed by atoms with Gasteiger partial charge in [0.15, 0.2) is 0 Å². The van der Waals surface area contributed by atoms with Crippen LogP contribution in [0.3, 0.4) is 0 Å². The fraction of sp³-hybridized carbons (Fsp3) is 0.312. The van der Waals surface area contributed by atoms with E-state index in [2.05, 4.69) is 31.0 Å². The van der Waals surface area contributed by atoms with Gasteiger partial charge in [0.2, 0.25) is 0 Å². The summed E-state index contributed by atoms with van der Waals surface area (Å²) in [5.41, 5.74) is 4.10. The van der Waals surface area contributed by atoms with Crippen LogP contribution in [0.15, 0.2) is 42.7 Å². The van der Waals surface area contributed by atoms with Crippen molar-refractivity contribution >= 4 is 0 Å². The lowest BCUT2D eigenvalue weighted by molar-refractivity contribution is 0.220. The zero-order chi connectivity index (χ0) is 13.1. The van der Waals surface area contributed by atoms with Crippen molar-refractivity contribution < 1.29 is 5.11 Å². The van der Waals surface area contributed by atoms with Crippen molar-refractivity contribution in [1.82, 2.24) is 4.98 Å². The molecule has 0 saturated carbocycles. The van der Waals surface area contributed by atoms with Crippen molar-refractivity contribution in [2.45, 2.75) is 32.8 Å². The first-order valence-electron chi connectivity index (χ1n) is 6.27. The molecule has 0 aliphatic heterocycles. The molecule has 1 heterocycles. The van der Waals surface area contributed by atoms with Crippen LogP contribution in [-0.2, 0) is 0 Å². The third-order valence-electron chi connectivity index (χ3n) is 3.13. The highest BCUT2D eigenvalue weighted by Crippen LogP contribution is 2.23. The van der Waals surface area contributed by atoms with Crippen LogP contribution in [-0.4, -0.2) is 10.1 Å². The lowest BCUT2D eigenvalue weighted by atomic mass is 9.97. The number of nitrogens with zero attached hydrogens (tertiary/aromatic N) is 1. The van der Waals surface area contributed by atoms with E-state index in [1.165, 1.54) is 5.56 Å². The zero-order valence-electron chi connectivity index (χ0n) is 11.1. The largest absolute Gasteiger partial charge is 0.384 e. The quantitative estimate of drug-likeness (QED) is 0.890. The lowest BCUT2D eigenvalue weighted by Crippen LogP contribution is -2.01. The molecule has 0 radical (unpaired) electrons. The molecule has 1 unspecified atom stereocenters. The Bertz CT molecular complexity index is 517. The topological polar surface area (TPSA) is 33.1 Å². The second-order valence-electron chi connectivity index (χ2n) is 5.02. The molecular weight excluding hydrogens is 222 g/mol. The van der Waals surface area contributed by atoms with Gasteiger partial charge in [-0.3, -0.25) is 4.98 Å². The van der Waals surface area contributed by atoms with E-state index in [0.717, 1.165) is 16.7 Å². The van der Waals surface area contributed by atoms with E-state index >= 15 is 0 Å². The minimum atomic E-state index is -0.599. The summed E-state index contributed by atoms with van der Waals surface area (Å²) in [7, 11) is 0. The second-order valence-corrected chi connectivity index (χ2v) is 5.02. The zero-order valence-corrected chi connectivity index (χ0v) is 11.1. The maximum absolute atomic E-state index is 10.3. The smallest absolute Gasteiger partial charge is 0.106 e. The third kappa shape index (κ3) is 2.77. The van der Waals surface area contributed by atoms with E-state index in [0.29, 0.717) is 5.92 Å². The summed E-state index contributed by atoms with van der Waals surface area (Å²) >= 11 is 0. The van der Waals surface area contributed by atoms with Crippen LogP contribution in [0.4, 0.5) is 0 Å². The average Bonchev–Trinajstić information content (AvgIpc) is 2.38. The van der Waals surface area contributed by atoms with E-state index in [4.69, 9.17) is 0 Å². The van der Waals surface area contributed by atoms with Crippen LogP contribution in [0, 0.1) is 6.92 Å². The van der Waals surface area contributed by atoms with Gasteiger partial charge in [-0.1, -0.05) is 44.2 Å². The summed E-state index contributed by atoms with van der Waals surface area (Å²) in [5, 5.41) is 10.3. The number of rotatable bonds is 3. The van der Waals surface area contributed by atoms with Crippen molar-refractivity contribution in [3.8, 4) is 0 Å². The van der Waals surface area contributed by atoms with Gasteiger partial charge in [0, 0.05) is 18.0 Å². The standard InChI is InChI=1S/C16H19NO/c1-11(2)13-4-6-14(7-5-13)16(18)15-8-12(3)9-17-10-15/h4-11,16,18H,1-3H3. The summed E-state index contributed by atoms with van der Waals surface area (Å²) in [5.74, 6) is 0.511. The van der Waals surface area contributed by atoms with Crippen molar-refractivity contribution in [3.05, 3.63) is 65.0 Å². The van der Waals surface area contributed by atoms with Crippen LogP contribution in [0.1, 0.15) is 48.1 Å². The van der Waals surface area contributed by atoms with Gasteiger partial charge in [-0.25, -0.2) is 0 Å². The molecule has 2 aromatic rings. The summed E-state index contributed by atoms with van der Waals surface area (Å²) in [6, 6.07) is 10.1. The number of aromatic nitrogens is 1. The van der Waals surface area contributed by atoms with Crippen LogP contribution >= 0.6 is 0 Å². The Balaban J connectivity index is 2.26. The molecule has 0 aliphatic carbocycles. The molecule has 1 aromatic carbocycles. The summed E-state index contributed by atoms with van der Waals surface area (Å²) < 4.78 is 0. The van der Waals surface area contributed by atoms with E-state index in [-0.39, 0.29) is 0 Å². The van der Waals surface area contributed by atoms with Crippen LogP contribution in [0.2, 0.25) is 0 Å². The van der Waals surface area contributed by atoms with Gasteiger partial charge in [-0.05, 0) is 29.5 Å². The molecule has 0 spiro atoms. The van der Waals surface area contributed by atoms with Crippen LogP contribution < -0.4 is 0 Å². The molecule has 0 aliphatic rings. The highest BCUT2D eigenvalue weighted by Gasteiger charge is 2.11. The van der Waals surface area contributed by atoms with Gasteiger partial charge < -0.3 is 5.11 Å². The first-order chi connectivity index (χ1) is 8.58. The van der Waals surface area contributed by atoms with Gasteiger partial charge in [0.1, 0.15) is 6.10 Å². The monoisotopic (exact) mass is 241 g/mol. The Labute approximate surface area is 108 Å². The first kappa shape index (κ1) is 12.8. The molecule has 0 fully saturated rings. The molecule has 2 heteroatoms. The van der Waals surface area contributed by atoms with Gasteiger partial charge in [0.05, 0.1) is 0 Å². The van der Waals surface area contributed by atoms with E-state index in [1.807, 2.05) is 25.1 Å². The SMILES string of the molecule is Cc1cncc(C(O)c2ccc(C(C)C)cc2)c1. The van der Waals surface area contributed by atoms with E-state index < -0.39 is 6.10 Å². The second kappa shape index (κ2) is 5.32. The molecule has 18 heavy (non-hydrogen) atoms. The molecule has 1 atom stereocenters. The predicted molar refractivity (Wildman–Crippen MR) is 73.6 cm³/mol. The molecular formula is C16H19NO. The Morgan fingerprint density at radius 1 is 0.944 bits per heavy atom. The molecule has 0 bridgehead atoms. The van der Waals surface area contributed by atoms with Crippen molar-refractivity contribution in [2.24, 2.45) is 0 Å². The maximum Gasteiger partial charge on any atom is 0.106 e. The van der Waals surface area contributed by atoms with Crippen LogP contribution in [0.25, 0.3) is 0 Å². The average molecular weight is 241 g/mol. The van der Waals surface area contributed by atoms with Crippen LogP contribution in [0.5, 0.6) is 0 Å². The number of hydrogen-bond donors (Lipinski definition) is 1. The molecule has 1 aromatic heterocycles. The van der Waals surface area contributed by atoms with Gasteiger partial charge in [-0.15, -0.1) is 0 Å². The van der Waals surface area contributed by atoms with Crippen molar-refractivity contribution in [2.75, 3.05) is 0 Å². The fourth-order valence-corrected chi connectivity index (χ4v) is 1.98. The Morgan fingerprint density at radius 2 is 1.56 bits per heavy atom. The molecule has 2 rings (SSSR count). The minimum absolute atomic E-state index is 0.511. The van der Waals surface area contributed by atoms with E-state index in [9.17, 15) is 5.11 Å². The fourth-order valence-electron chi connectivity index (χ4n) is 1.98. The van der Waals surface area contributed by atoms with Crippen molar-refractivity contribution in [3.63, 3.8) is 0 Å². The minimum Gasteiger partial charge on any atom is -0.384 e. The number of aryl methyl sites for hydroxylation is 1. The molecule has 0 saturated heterocycles. The molecule has 94 valence electrons. The Hall–Kier alpha value is -1.67. The summed E-state index contributed by atoms with van der Waals surface area (Å²) in [6.45, 7) is 6.30. The Kier molecular flexibility index (Phi) is 3.78. The first-order valence-corrected chi connectivity index (χ1v) is 6.27. The number of hydrogen-bond acceptors (Lipinski definition) is 2. The molecule has 1 N–H and O–H groups in total. The highest BCUT2D eigenvalue weighted by molar-refractivity contribution is 5.32. The van der Waals surface area contributed by atoms with Gasteiger partial charge in [-0.2, -0.15) is 0 Å². The molecule has 0 amide bonds. The Morgan fingerprint density at radius 3 is 2.11 bits per heavy atom. The van der Waals surface area contributed by atoms with Gasteiger partial charge >= 0.3 is 0 Å². The van der Waals surface area contributed by atoms with Gasteiger partial charge in [0.25, 0.3) is 0 Å². The summed E-state index contributed by atoms with van der Waals surface area (Å²) in [4.78, 5) is 4.12. The summed E-state index contributed by atoms with van der Waals surface area (Å²) in [6.07, 6.45) is 2.91.